The van der Waals surface area contributed by atoms with Gasteiger partial charge in [-0.25, -0.2) is 10.4 Å². The highest BCUT2D eigenvalue weighted by atomic mass is 32.1. The molecule has 0 radical (unpaired) electrons. The van der Waals surface area contributed by atoms with E-state index in [1.165, 1.54) is 28.4 Å². The summed E-state index contributed by atoms with van der Waals surface area (Å²) in [4.78, 5) is 31.1. The van der Waals surface area contributed by atoms with Crippen molar-refractivity contribution >= 4 is 33.7 Å². The van der Waals surface area contributed by atoms with Gasteiger partial charge < -0.3 is 9.47 Å². The average molecular weight is 477 g/mol. The number of aryl methyl sites for hydroxylation is 2. The molecule has 0 aliphatic rings. The quantitative estimate of drug-likeness (QED) is 0.308. The second-order valence-corrected chi connectivity index (χ2v) is 8.82. The number of amides is 1. The molecular weight excluding hydrogens is 452 g/mol. The lowest BCUT2D eigenvalue weighted by molar-refractivity contribution is -0.121. The first kappa shape index (κ1) is 23.2. The van der Waals surface area contributed by atoms with E-state index in [1.54, 1.807) is 19.2 Å². The van der Waals surface area contributed by atoms with E-state index in [0.29, 0.717) is 33.9 Å². The van der Waals surface area contributed by atoms with Crippen LogP contribution in [0.15, 0.2) is 64.8 Å². The van der Waals surface area contributed by atoms with Crippen LogP contribution in [0.5, 0.6) is 11.5 Å². The minimum absolute atomic E-state index is 0.178. The zero-order valence-corrected chi connectivity index (χ0v) is 19.9. The fourth-order valence-corrected chi connectivity index (χ4v) is 4.36. The van der Waals surface area contributed by atoms with E-state index in [1.807, 2.05) is 50.2 Å². The summed E-state index contributed by atoms with van der Waals surface area (Å²) in [6.45, 7) is 4.08. The minimum Gasteiger partial charge on any atom is -0.493 e. The van der Waals surface area contributed by atoms with Crippen LogP contribution < -0.4 is 20.5 Å². The first-order valence-corrected chi connectivity index (χ1v) is 11.4. The third-order valence-corrected chi connectivity index (χ3v) is 6.41. The van der Waals surface area contributed by atoms with Crippen LogP contribution in [0.3, 0.4) is 0 Å². The van der Waals surface area contributed by atoms with E-state index in [0.717, 1.165) is 16.0 Å². The number of aromatic nitrogens is 2. The van der Waals surface area contributed by atoms with Crippen LogP contribution >= 0.6 is 11.3 Å². The molecule has 1 N–H and O–H groups in total. The molecule has 0 saturated heterocycles. The predicted molar refractivity (Wildman–Crippen MR) is 133 cm³/mol. The van der Waals surface area contributed by atoms with Gasteiger partial charge in [0.15, 0.2) is 11.5 Å². The van der Waals surface area contributed by atoms with Gasteiger partial charge in [-0.15, -0.1) is 11.3 Å². The molecule has 4 rings (SSSR count). The van der Waals surface area contributed by atoms with Crippen molar-refractivity contribution in [2.75, 3.05) is 7.11 Å². The Morgan fingerprint density at radius 3 is 2.74 bits per heavy atom. The highest BCUT2D eigenvalue weighted by molar-refractivity contribution is 7.18. The first-order chi connectivity index (χ1) is 16.5. The molecule has 2 aromatic heterocycles. The predicted octanol–water partition coefficient (Wildman–Crippen LogP) is 3.81. The van der Waals surface area contributed by atoms with Crippen LogP contribution in [-0.2, 0) is 17.9 Å². The number of nitrogens with one attached hydrogen (secondary N) is 1. The summed E-state index contributed by atoms with van der Waals surface area (Å²) in [6.07, 6.45) is 2.89. The van der Waals surface area contributed by atoms with Crippen molar-refractivity contribution in [3.8, 4) is 11.5 Å². The number of nitrogens with zero attached hydrogens (tertiary/aromatic N) is 3. The molecule has 0 spiro atoms. The van der Waals surface area contributed by atoms with Crippen molar-refractivity contribution < 1.29 is 14.3 Å². The van der Waals surface area contributed by atoms with Gasteiger partial charge in [-0.3, -0.25) is 14.2 Å². The largest absolute Gasteiger partial charge is 0.493 e. The van der Waals surface area contributed by atoms with Gasteiger partial charge in [0.1, 0.15) is 18.0 Å². The fourth-order valence-electron chi connectivity index (χ4n) is 3.37. The van der Waals surface area contributed by atoms with Crippen molar-refractivity contribution in [1.29, 1.82) is 0 Å². The average Bonchev–Trinajstić information content (AvgIpc) is 3.14. The number of hydrazone groups is 1. The number of thiophene rings is 1. The SMILES string of the molecule is COc1cc(/C=N\NC(=O)Cn2cnc3sc(C)c(C)c3c2=O)ccc1OCc1ccccc1. The molecule has 0 bridgehead atoms. The fraction of sp³-hybridized carbons (Fsp3) is 0.200. The Labute approximate surface area is 200 Å². The Morgan fingerprint density at radius 1 is 1.18 bits per heavy atom. The van der Waals surface area contributed by atoms with Crippen LogP contribution in [0.25, 0.3) is 10.2 Å². The second-order valence-electron chi connectivity index (χ2n) is 7.62. The summed E-state index contributed by atoms with van der Waals surface area (Å²) in [6, 6.07) is 15.2. The van der Waals surface area contributed by atoms with Gasteiger partial charge in [0.25, 0.3) is 11.5 Å². The smallest absolute Gasteiger partial charge is 0.262 e. The molecule has 174 valence electrons. The Bertz CT molecular complexity index is 1410. The summed E-state index contributed by atoms with van der Waals surface area (Å²) >= 11 is 1.47. The minimum atomic E-state index is -0.432. The number of carbonyl (C=O) groups excluding carboxylic acids is 1. The zero-order valence-electron chi connectivity index (χ0n) is 19.1. The Kier molecular flexibility index (Phi) is 7.03. The van der Waals surface area contributed by atoms with E-state index >= 15 is 0 Å². The maximum atomic E-state index is 12.7. The monoisotopic (exact) mass is 476 g/mol. The second kappa shape index (κ2) is 10.3. The van der Waals surface area contributed by atoms with E-state index in [9.17, 15) is 9.59 Å². The molecule has 2 heterocycles. The molecule has 0 fully saturated rings. The molecule has 0 aliphatic carbocycles. The molecule has 0 unspecified atom stereocenters. The highest BCUT2D eigenvalue weighted by Crippen LogP contribution is 2.28. The summed E-state index contributed by atoms with van der Waals surface area (Å²) < 4.78 is 12.6. The summed E-state index contributed by atoms with van der Waals surface area (Å²) in [5, 5.41) is 4.55. The number of hydrogen-bond donors (Lipinski definition) is 1. The Hall–Kier alpha value is -3.98. The Balaban J connectivity index is 1.38. The molecule has 0 aliphatic heterocycles. The zero-order chi connectivity index (χ0) is 24.1. The normalized spacial score (nSPS) is 11.1. The number of benzene rings is 2. The van der Waals surface area contributed by atoms with Gasteiger partial charge in [-0.2, -0.15) is 5.10 Å². The van der Waals surface area contributed by atoms with Gasteiger partial charge in [-0.1, -0.05) is 30.3 Å². The Morgan fingerprint density at radius 2 is 1.97 bits per heavy atom. The standard InChI is InChI=1S/C25H24N4O4S/c1-16-17(2)34-24-23(16)25(31)29(15-26-24)13-22(30)28-27-12-19-9-10-20(21(11-19)32-3)33-14-18-7-5-4-6-8-18/h4-12,15H,13-14H2,1-3H3,(H,28,30)/b27-12-. The molecule has 0 atom stereocenters. The molecule has 4 aromatic rings. The van der Waals surface area contributed by atoms with Gasteiger partial charge in [0.05, 0.1) is 25.0 Å². The lowest BCUT2D eigenvalue weighted by Gasteiger charge is -2.11. The maximum absolute atomic E-state index is 12.7. The first-order valence-electron chi connectivity index (χ1n) is 10.6. The summed E-state index contributed by atoms with van der Waals surface area (Å²) in [7, 11) is 1.56. The van der Waals surface area contributed by atoms with Crippen molar-refractivity contribution in [3.05, 3.63) is 86.8 Å². The van der Waals surface area contributed by atoms with Crippen molar-refractivity contribution in [2.24, 2.45) is 5.10 Å². The number of rotatable bonds is 8. The molecule has 34 heavy (non-hydrogen) atoms. The summed E-state index contributed by atoms with van der Waals surface area (Å²) in [5.74, 6) is 0.728. The van der Waals surface area contributed by atoms with Gasteiger partial charge in [-0.05, 0) is 48.7 Å². The molecule has 8 nitrogen and oxygen atoms in total. The maximum Gasteiger partial charge on any atom is 0.262 e. The lowest BCUT2D eigenvalue weighted by atomic mass is 10.2. The van der Waals surface area contributed by atoms with Crippen LogP contribution in [0, 0.1) is 13.8 Å². The molecule has 2 aromatic carbocycles. The summed E-state index contributed by atoms with van der Waals surface area (Å²) in [5.41, 5.74) is 4.88. The van der Waals surface area contributed by atoms with E-state index in [2.05, 4.69) is 15.5 Å². The van der Waals surface area contributed by atoms with Crippen molar-refractivity contribution in [1.82, 2.24) is 15.0 Å². The number of carbonyl (C=O) groups is 1. The number of fused-ring (bicyclic) bond motifs is 1. The van der Waals surface area contributed by atoms with Gasteiger partial charge in [0.2, 0.25) is 0 Å². The number of methoxy groups -OCH3 is 1. The highest BCUT2D eigenvalue weighted by Gasteiger charge is 2.13. The molecule has 1 amide bonds. The van der Waals surface area contributed by atoms with Gasteiger partial charge in [0, 0.05) is 4.88 Å². The van der Waals surface area contributed by atoms with Crippen molar-refractivity contribution in [3.63, 3.8) is 0 Å². The number of ether oxygens (including phenoxy) is 2. The molecular formula is C25H24N4O4S. The van der Waals surface area contributed by atoms with Crippen LogP contribution in [0.1, 0.15) is 21.6 Å². The topological polar surface area (TPSA) is 94.8 Å². The van der Waals surface area contributed by atoms with Crippen LogP contribution in [-0.4, -0.2) is 28.8 Å². The molecule has 9 heteroatoms. The van der Waals surface area contributed by atoms with E-state index in [-0.39, 0.29) is 12.1 Å². The van der Waals surface area contributed by atoms with Crippen LogP contribution in [0.2, 0.25) is 0 Å². The molecule has 0 saturated carbocycles. The third kappa shape index (κ3) is 5.15. The third-order valence-electron chi connectivity index (χ3n) is 5.30. The van der Waals surface area contributed by atoms with E-state index in [4.69, 9.17) is 9.47 Å². The number of hydrogen-bond acceptors (Lipinski definition) is 7. The van der Waals surface area contributed by atoms with E-state index < -0.39 is 5.91 Å². The lowest BCUT2D eigenvalue weighted by Crippen LogP contribution is -2.30. The van der Waals surface area contributed by atoms with Gasteiger partial charge >= 0.3 is 0 Å². The van der Waals surface area contributed by atoms with Crippen molar-refractivity contribution in [2.45, 2.75) is 27.0 Å². The van der Waals surface area contributed by atoms with Crippen LogP contribution in [0.4, 0.5) is 0 Å².